The van der Waals surface area contributed by atoms with Crippen molar-refractivity contribution in [3.05, 3.63) is 71.5 Å². The van der Waals surface area contributed by atoms with Crippen molar-refractivity contribution in [3.63, 3.8) is 0 Å². The molecule has 0 aliphatic carbocycles. The number of aromatic hydroxyl groups is 2. The fourth-order valence-electron chi connectivity index (χ4n) is 8.61. The molecule has 1 saturated heterocycles. The molecule has 1 aromatic heterocycles. The number of aliphatic carboxylic acids is 3. The minimum atomic E-state index is -1.99. The van der Waals surface area contributed by atoms with E-state index in [1.165, 1.54) is 54.7 Å². The Morgan fingerprint density at radius 1 is 0.641 bits per heavy atom. The number of phenols is 2. The van der Waals surface area contributed by atoms with E-state index in [2.05, 4.69) is 42.3 Å². The summed E-state index contributed by atoms with van der Waals surface area (Å²) in [6.45, 7) is 3.22. The van der Waals surface area contributed by atoms with Crippen LogP contribution in [0.3, 0.4) is 0 Å². The van der Waals surface area contributed by atoms with Crippen molar-refractivity contribution in [3.8, 4) is 11.5 Å². The quantitative estimate of drug-likeness (QED) is 0.0535. The Balaban J connectivity index is 1.60. The maximum Gasteiger partial charge on any atom is 0.305 e. The van der Waals surface area contributed by atoms with E-state index < -0.39 is 158 Å². The summed E-state index contributed by atoms with van der Waals surface area (Å²) in [6, 6.07) is -0.322. The highest BCUT2D eigenvalue weighted by Gasteiger charge is 2.41. The van der Waals surface area contributed by atoms with E-state index in [-0.39, 0.29) is 61.8 Å². The van der Waals surface area contributed by atoms with Gasteiger partial charge in [-0.15, -0.1) is 5.10 Å². The minimum Gasteiger partial charge on any atom is -0.508 e. The van der Waals surface area contributed by atoms with Gasteiger partial charge in [0.15, 0.2) is 0 Å². The maximum absolute atomic E-state index is 14.5. The number of aromatic nitrogens is 3. The van der Waals surface area contributed by atoms with Crippen molar-refractivity contribution >= 4 is 71.1 Å². The zero-order chi connectivity index (χ0) is 57.4. The zero-order valence-corrected chi connectivity index (χ0v) is 42.4. The first-order valence-corrected chi connectivity index (χ1v) is 24.7. The monoisotopic (exact) mass is 1090 g/mol. The second-order valence-electron chi connectivity index (χ2n) is 19.2. The topological polar surface area (TPSA) is 450 Å². The van der Waals surface area contributed by atoms with Crippen molar-refractivity contribution < 1.29 is 83.1 Å². The number of carbonyl (C=O) groups is 12. The molecule has 5 rings (SSSR count). The van der Waals surface area contributed by atoms with Crippen molar-refractivity contribution in [1.29, 1.82) is 0 Å². The van der Waals surface area contributed by atoms with E-state index in [1.807, 2.05) is 5.32 Å². The number of nitrogens with zero attached hydrogens (tertiary/aromatic N) is 4. The summed E-state index contributed by atoms with van der Waals surface area (Å²) in [4.78, 5) is 164. The molecule has 1 fully saturated rings. The van der Waals surface area contributed by atoms with Gasteiger partial charge in [0.25, 0.3) is 0 Å². The maximum atomic E-state index is 14.5. The van der Waals surface area contributed by atoms with E-state index in [0.717, 1.165) is 9.69 Å². The van der Waals surface area contributed by atoms with Gasteiger partial charge in [-0.05, 0) is 78.6 Å². The van der Waals surface area contributed by atoms with Crippen LogP contribution in [0.5, 0.6) is 11.5 Å². The molecule has 2 bridgehead atoms. The SMILES string of the molecule is CC(C)C[C@@H]1NC(=O)[C@@H]2CCCN2C(=O)[C@@H](CCC(=O)O)NC(=O)[C@H](CC(=O)O)NC(=O)[C@H](Cc2ccc(O)cc2)NC(=O)[C@H](Cc2ccc(O)cc2)Nn2cc(nn2)C[C@@H](C(N)=O)NC(=O)[C@H](CCC(=O)O)C(=O)NC1=O. The number of imide groups is 1. The lowest BCUT2D eigenvalue weighted by molar-refractivity contribution is -0.144. The molecule has 29 nitrogen and oxygen atoms in total. The summed E-state index contributed by atoms with van der Waals surface area (Å²) in [6.07, 6.45) is -3.72. The fraction of sp³-hybridized carbons (Fsp3) is 0.469. The third-order valence-electron chi connectivity index (χ3n) is 12.6. The smallest absolute Gasteiger partial charge is 0.305 e. The average molecular weight is 1090 g/mol. The van der Waals surface area contributed by atoms with Crippen LogP contribution in [0.25, 0.3) is 0 Å². The molecule has 0 spiro atoms. The lowest BCUT2D eigenvalue weighted by Crippen LogP contribution is -2.60. The van der Waals surface area contributed by atoms with Crippen molar-refractivity contribution in [2.75, 3.05) is 12.0 Å². The summed E-state index contributed by atoms with van der Waals surface area (Å²) in [5.41, 5.74) is 9.19. The predicted octanol–water partition coefficient (Wildman–Crippen LogP) is -2.95. The first-order valence-electron chi connectivity index (χ1n) is 24.7. The van der Waals surface area contributed by atoms with Crippen LogP contribution < -0.4 is 43.1 Å². The van der Waals surface area contributed by atoms with Gasteiger partial charge in [0.1, 0.15) is 59.7 Å². The third-order valence-corrected chi connectivity index (χ3v) is 12.6. The Morgan fingerprint density at radius 2 is 1.18 bits per heavy atom. The molecule has 2 aliphatic rings. The normalized spacial score (nSPS) is 23.4. The first-order chi connectivity index (χ1) is 36.9. The lowest BCUT2D eigenvalue weighted by atomic mass is 9.98. The average Bonchev–Trinajstić information content (AvgIpc) is 4.06. The number of rotatable bonds is 15. The summed E-state index contributed by atoms with van der Waals surface area (Å²) in [7, 11) is 0. The third kappa shape index (κ3) is 17.7. The van der Waals surface area contributed by atoms with E-state index in [1.54, 1.807) is 13.8 Å². The standard InChI is InChI=1S/C49H62N12O17/c1-24(2)18-33-46(75)56-43(72)30(13-15-38(64)65)42(71)52-32(41(50)70)21-27-23-61(59-57-27)58-36(20-26-7-11-29(63)12-8-26)47(76)53-34(19-25-5-9-28(62)10-6-25)44(73)54-35(22-40(68)69)45(74)51-31(14-16-39(66)67)49(78)60-17-3-4-37(60)48(77)55-33/h5-12,23-24,30-37,58,62-63H,3-4,13-22H2,1-2H3,(H2,50,70)(H,51,74)(H,52,71)(H,53,76)(H,54,73)(H,55,77)(H,64,65)(H,66,67)(H,68,69)(H,56,72,75)/t30-,31+,32-,33-,34-,35-,36-,37-/m0/s1. The number of amides is 9. The first kappa shape index (κ1) is 59.7. The lowest BCUT2D eigenvalue weighted by Gasteiger charge is -2.31. The zero-order valence-electron chi connectivity index (χ0n) is 42.4. The Bertz CT molecular complexity index is 2730. The molecule has 2 aromatic carbocycles. The second kappa shape index (κ2) is 27.6. The highest BCUT2D eigenvalue weighted by Crippen LogP contribution is 2.22. The predicted molar refractivity (Wildman–Crippen MR) is 266 cm³/mol. The minimum absolute atomic E-state index is 0.0158. The number of carboxylic acid groups (broad SMARTS) is 3. The van der Waals surface area contributed by atoms with Gasteiger partial charge in [-0.25, -0.2) is 0 Å². The number of nitrogens with two attached hydrogens (primary N) is 1. The fourth-order valence-corrected chi connectivity index (χ4v) is 8.61. The van der Waals surface area contributed by atoms with Gasteiger partial charge in [-0.1, -0.05) is 38.1 Å². The van der Waals surface area contributed by atoms with Crippen LogP contribution >= 0.6 is 0 Å². The molecular formula is C49H62N12O17. The van der Waals surface area contributed by atoms with Gasteiger partial charge in [0.05, 0.1) is 18.3 Å². The van der Waals surface area contributed by atoms with Gasteiger partial charge in [0.2, 0.25) is 53.2 Å². The molecule has 0 radical (unpaired) electrons. The summed E-state index contributed by atoms with van der Waals surface area (Å²) in [5.74, 6) is -17.1. The number of benzene rings is 2. The summed E-state index contributed by atoms with van der Waals surface area (Å²) >= 11 is 0. The van der Waals surface area contributed by atoms with E-state index in [4.69, 9.17) is 5.73 Å². The van der Waals surface area contributed by atoms with Gasteiger partial charge in [-0.3, -0.25) is 68.3 Å². The van der Waals surface area contributed by atoms with Crippen LogP contribution in [-0.4, -0.2) is 165 Å². The second-order valence-corrected chi connectivity index (χ2v) is 19.2. The summed E-state index contributed by atoms with van der Waals surface area (Å²) < 4.78 is 0. The Labute approximate surface area is 444 Å². The van der Waals surface area contributed by atoms with Gasteiger partial charge in [-0.2, -0.15) is 4.79 Å². The Kier molecular flexibility index (Phi) is 21.1. The number of carbonyl (C=O) groups excluding carboxylic acids is 9. The van der Waals surface area contributed by atoms with Crippen LogP contribution in [0.15, 0.2) is 54.7 Å². The van der Waals surface area contributed by atoms with E-state index in [0.29, 0.717) is 11.1 Å². The molecule has 29 heteroatoms. The highest BCUT2D eigenvalue weighted by molar-refractivity contribution is 6.09. The molecule has 0 unspecified atom stereocenters. The summed E-state index contributed by atoms with van der Waals surface area (Å²) in [5, 5.41) is 71.1. The Hall–Kier alpha value is -9.18. The molecule has 14 N–H and O–H groups in total. The van der Waals surface area contributed by atoms with Crippen LogP contribution in [0.4, 0.5) is 0 Å². The number of fused-ring (bicyclic) bond motifs is 3. The number of hydrogen-bond acceptors (Lipinski definition) is 17. The van der Waals surface area contributed by atoms with Crippen molar-refractivity contribution in [2.45, 2.75) is 127 Å². The van der Waals surface area contributed by atoms with Crippen LogP contribution in [0.1, 0.15) is 82.0 Å². The molecule has 9 amide bonds. The molecule has 3 aromatic rings. The van der Waals surface area contributed by atoms with Crippen LogP contribution in [-0.2, 0) is 76.8 Å². The molecule has 0 saturated carbocycles. The molecule has 8 atom stereocenters. The molecular weight excluding hydrogens is 1030 g/mol. The number of hydrogen-bond donors (Lipinski definition) is 13. The molecule has 3 heterocycles. The van der Waals surface area contributed by atoms with Crippen LogP contribution in [0.2, 0.25) is 0 Å². The number of nitrogens with one attached hydrogen (secondary N) is 7. The van der Waals surface area contributed by atoms with E-state index >= 15 is 0 Å². The van der Waals surface area contributed by atoms with Gasteiger partial charge >= 0.3 is 17.9 Å². The van der Waals surface area contributed by atoms with Crippen molar-refractivity contribution in [2.24, 2.45) is 17.6 Å². The van der Waals surface area contributed by atoms with Crippen LogP contribution in [0, 0.1) is 11.8 Å². The van der Waals surface area contributed by atoms with E-state index in [9.17, 15) is 83.1 Å². The number of carboxylic acids is 3. The Morgan fingerprint density at radius 3 is 1.76 bits per heavy atom. The highest BCUT2D eigenvalue weighted by atomic mass is 16.4. The molecule has 2 aliphatic heterocycles. The number of primary amides is 1. The number of phenolic OH excluding ortho intramolecular Hbond substituents is 2. The van der Waals surface area contributed by atoms with Gasteiger partial charge in [0, 0.05) is 38.6 Å². The largest absolute Gasteiger partial charge is 0.508 e. The molecule has 78 heavy (non-hydrogen) atoms. The van der Waals surface area contributed by atoms with Gasteiger partial charge < -0.3 is 62.8 Å². The van der Waals surface area contributed by atoms with Crippen molar-refractivity contribution in [1.82, 2.24) is 51.9 Å². The molecule has 420 valence electrons.